The number of amides is 1. The zero-order valence-electron chi connectivity index (χ0n) is 16.0. The molecule has 3 N–H and O–H groups in total. The number of piperidine rings is 1. The number of halogens is 3. The number of rotatable bonds is 6. The number of carbonyl (C=O) groups excluding carboxylic acids is 1. The van der Waals surface area contributed by atoms with E-state index in [-0.39, 0.29) is 42.3 Å². The van der Waals surface area contributed by atoms with Gasteiger partial charge >= 0.3 is 6.36 Å². The van der Waals surface area contributed by atoms with Crippen molar-refractivity contribution in [3.8, 4) is 17.2 Å². The van der Waals surface area contributed by atoms with Gasteiger partial charge in [-0.15, -0.1) is 13.2 Å². The van der Waals surface area contributed by atoms with Gasteiger partial charge in [-0.2, -0.15) is 5.06 Å². The molecule has 1 fully saturated rings. The molecule has 3 rings (SSSR count). The molecule has 1 aliphatic heterocycles. The number of nitrogens with two attached hydrogens (primary N) is 1. The molecule has 8 nitrogen and oxygen atoms in total. The van der Waals surface area contributed by atoms with Crippen molar-refractivity contribution in [2.45, 2.75) is 28.8 Å². The van der Waals surface area contributed by atoms with E-state index in [1.165, 1.54) is 36.4 Å². The third-order valence-corrected chi connectivity index (χ3v) is 7.47. The minimum atomic E-state index is -4.81. The average molecular weight is 460 g/mol. The molecule has 1 heterocycles. The fourth-order valence-electron chi connectivity index (χ4n) is 3.26. The van der Waals surface area contributed by atoms with Crippen molar-refractivity contribution in [3.05, 3.63) is 48.5 Å². The van der Waals surface area contributed by atoms with Gasteiger partial charge in [0.15, 0.2) is 14.6 Å². The lowest BCUT2D eigenvalue weighted by atomic mass is 9.96. The van der Waals surface area contributed by atoms with Crippen LogP contribution < -0.4 is 15.2 Å². The second-order valence-corrected chi connectivity index (χ2v) is 9.17. The summed E-state index contributed by atoms with van der Waals surface area (Å²) in [6, 6.07) is 9.87. The molecule has 0 aliphatic carbocycles. The van der Waals surface area contributed by atoms with Gasteiger partial charge in [0.1, 0.15) is 17.2 Å². The zero-order chi connectivity index (χ0) is 22.9. The second-order valence-electron chi connectivity index (χ2n) is 6.91. The number of benzene rings is 2. The molecule has 0 spiro atoms. The molecular formula is C19H19F3N2O6S. The first-order valence-corrected chi connectivity index (χ1v) is 10.5. The molecule has 168 valence electrons. The standard InChI is InChI=1S/C19H19F3N2O6S/c20-19(21,22)30-15-3-1-13(2-4-15)29-14-5-7-16(8-6-14)31(27,28)18(17(23)25)9-11-24(26)12-10-18/h1-8,26H,9-12H2,(H2,23,25). The van der Waals surface area contributed by atoms with Gasteiger partial charge in [-0.3, -0.25) is 4.79 Å². The number of alkyl halides is 3. The van der Waals surface area contributed by atoms with Crippen LogP contribution in [0.5, 0.6) is 17.2 Å². The molecule has 0 radical (unpaired) electrons. The quantitative estimate of drug-likeness (QED) is 0.680. The third kappa shape index (κ3) is 4.92. The van der Waals surface area contributed by atoms with Crippen molar-refractivity contribution < 1.29 is 41.1 Å². The number of hydrogen-bond donors (Lipinski definition) is 2. The summed E-state index contributed by atoms with van der Waals surface area (Å²) in [7, 11) is -4.15. The first-order chi connectivity index (χ1) is 14.4. The monoisotopic (exact) mass is 460 g/mol. The van der Waals surface area contributed by atoms with Gasteiger partial charge in [0, 0.05) is 13.1 Å². The van der Waals surface area contributed by atoms with Crippen molar-refractivity contribution in [3.63, 3.8) is 0 Å². The number of ether oxygens (including phenoxy) is 2. The summed E-state index contributed by atoms with van der Waals surface area (Å²) < 4.78 is 70.3. The molecule has 0 atom stereocenters. The maximum absolute atomic E-state index is 13.1. The minimum Gasteiger partial charge on any atom is -0.457 e. The van der Waals surface area contributed by atoms with Crippen molar-refractivity contribution in [1.29, 1.82) is 0 Å². The zero-order valence-corrected chi connectivity index (χ0v) is 16.8. The van der Waals surface area contributed by atoms with Gasteiger partial charge in [0.25, 0.3) is 0 Å². The van der Waals surface area contributed by atoms with Crippen LogP contribution in [-0.2, 0) is 14.6 Å². The molecule has 2 aromatic rings. The summed E-state index contributed by atoms with van der Waals surface area (Å²) in [6.07, 6.45) is -5.10. The highest BCUT2D eigenvalue weighted by Gasteiger charge is 2.51. The minimum absolute atomic E-state index is 0.0165. The van der Waals surface area contributed by atoms with Gasteiger partial charge in [0.2, 0.25) is 5.91 Å². The maximum atomic E-state index is 13.1. The predicted molar refractivity (Wildman–Crippen MR) is 101 cm³/mol. The fraction of sp³-hybridized carbons (Fsp3) is 0.316. The molecule has 1 amide bonds. The van der Waals surface area contributed by atoms with Crippen LogP contribution >= 0.6 is 0 Å². The van der Waals surface area contributed by atoms with Gasteiger partial charge in [-0.25, -0.2) is 8.42 Å². The Labute approximate surface area is 175 Å². The van der Waals surface area contributed by atoms with E-state index in [2.05, 4.69) is 4.74 Å². The Morgan fingerprint density at radius 3 is 1.87 bits per heavy atom. The van der Waals surface area contributed by atoms with Crippen LogP contribution in [0.2, 0.25) is 0 Å². The Morgan fingerprint density at radius 1 is 0.968 bits per heavy atom. The lowest BCUT2D eigenvalue weighted by Crippen LogP contribution is -2.56. The van der Waals surface area contributed by atoms with E-state index in [9.17, 15) is 31.6 Å². The number of carbonyl (C=O) groups is 1. The maximum Gasteiger partial charge on any atom is 0.573 e. The highest BCUT2D eigenvalue weighted by Crippen LogP contribution is 2.36. The molecule has 0 aromatic heterocycles. The van der Waals surface area contributed by atoms with Crippen molar-refractivity contribution in [2.75, 3.05) is 13.1 Å². The van der Waals surface area contributed by atoms with Crippen LogP contribution in [-0.4, -0.2) is 48.8 Å². The molecular weight excluding hydrogens is 441 g/mol. The third-order valence-electron chi connectivity index (χ3n) is 4.94. The van der Waals surface area contributed by atoms with Crippen molar-refractivity contribution in [2.24, 2.45) is 5.73 Å². The predicted octanol–water partition coefficient (Wildman–Crippen LogP) is 2.86. The summed E-state index contributed by atoms with van der Waals surface area (Å²) >= 11 is 0. The average Bonchev–Trinajstić information content (AvgIpc) is 2.69. The first kappa shape index (κ1) is 22.8. The Hall–Kier alpha value is -2.83. The Morgan fingerprint density at radius 2 is 1.42 bits per heavy atom. The van der Waals surface area contributed by atoms with Crippen LogP contribution in [0.3, 0.4) is 0 Å². The molecule has 0 bridgehead atoms. The molecule has 2 aromatic carbocycles. The summed E-state index contributed by atoms with van der Waals surface area (Å²) in [5, 5.41) is 10.4. The van der Waals surface area contributed by atoms with Crippen LogP contribution in [0.4, 0.5) is 13.2 Å². The second kappa shape index (κ2) is 8.36. The fourth-order valence-corrected chi connectivity index (χ4v) is 5.19. The van der Waals surface area contributed by atoms with Gasteiger partial charge in [0.05, 0.1) is 4.90 Å². The molecule has 12 heteroatoms. The lowest BCUT2D eigenvalue weighted by molar-refractivity contribution is -0.274. The van der Waals surface area contributed by atoms with Crippen LogP contribution in [0.1, 0.15) is 12.8 Å². The van der Waals surface area contributed by atoms with Crippen LogP contribution in [0.25, 0.3) is 0 Å². The number of hydrogen-bond acceptors (Lipinski definition) is 7. The molecule has 31 heavy (non-hydrogen) atoms. The normalized spacial score (nSPS) is 17.2. The highest BCUT2D eigenvalue weighted by atomic mass is 32.2. The van der Waals surface area contributed by atoms with E-state index in [4.69, 9.17) is 10.5 Å². The summed E-state index contributed by atoms with van der Waals surface area (Å²) in [5.41, 5.74) is 5.43. The van der Waals surface area contributed by atoms with E-state index < -0.39 is 32.6 Å². The number of sulfone groups is 1. The number of nitrogens with zero attached hydrogens (tertiary/aromatic N) is 1. The van der Waals surface area contributed by atoms with E-state index in [0.29, 0.717) is 0 Å². The van der Waals surface area contributed by atoms with Crippen molar-refractivity contribution >= 4 is 15.7 Å². The van der Waals surface area contributed by atoms with Gasteiger partial charge in [-0.05, 0) is 61.4 Å². The van der Waals surface area contributed by atoms with Crippen LogP contribution in [0, 0.1) is 0 Å². The topological polar surface area (TPSA) is 119 Å². The first-order valence-electron chi connectivity index (χ1n) is 9.05. The number of hydroxylamine groups is 2. The molecule has 0 saturated carbocycles. The number of primary amides is 1. The molecule has 0 unspecified atom stereocenters. The Balaban J connectivity index is 1.77. The largest absolute Gasteiger partial charge is 0.573 e. The summed E-state index contributed by atoms with van der Waals surface area (Å²) in [4.78, 5) is 11.9. The van der Waals surface area contributed by atoms with E-state index in [0.717, 1.165) is 17.2 Å². The van der Waals surface area contributed by atoms with E-state index >= 15 is 0 Å². The Bertz CT molecular complexity index is 1030. The summed E-state index contributed by atoms with van der Waals surface area (Å²) in [5.74, 6) is -0.968. The highest BCUT2D eigenvalue weighted by molar-refractivity contribution is 7.93. The summed E-state index contributed by atoms with van der Waals surface area (Å²) in [6.45, 7) is -0.0329. The van der Waals surface area contributed by atoms with E-state index in [1.807, 2.05) is 0 Å². The van der Waals surface area contributed by atoms with E-state index in [1.54, 1.807) is 0 Å². The Kier molecular flexibility index (Phi) is 6.16. The smallest absolute Gasteiger partial charge is 0.457 e. The molecule has 1 saturated heterocycles. The van der Waals surface area contributed by atoms with Crippen molar-refractivity contribution in [1.82, 2.24) is 5.06 Å². The SMILES string of the molecule is NC(=O)C1(S(=O)(=O)c2ccc(Oc3ccc(OC(F)(F)F)cc3)cc2)CCN(O)CC1. The van der Waals surface area contributed by atoms with Crippen LogP contribution in [0.15, 0.2) is 53.4 Å². The lowest BCUT2D eigenvalue weighted by Gasteiger charge is -2.36. The molecule has 1 aliphatic rings. The van der Waals surface area contributed by atoms with Gasteiger partial charge in [-0.1, -0.05) is 0 Å². The van der Waals surface area contributed by atoms with Gasteiger partial charge < -0.3 is 20.4 Å².